The van der Waals surface area contributed by atoms with Crippen molar-refractivity contribution in [1.82, 2.24) is 9.97 Å². The van der Waals surface area contributed by atoms with Gasteiger partial charge in [-0.1, -0.05) is 0 Å². The molecule has 1 aromatic rings. The molecule has 0 bridgehead atoms. The summed E-state index contributed by atoms with van der Waals surface area (Å²) in [5.74, 6) is 0.241. The molecule has 0 saturated carbocycles. The number of ketones is 1. The van der Waals surface area contributed by atoms with Gasteiger partial charge < -0.3 is 4.98 Å². The summed E-state index contributed by atoms with van der Waals surface area (Å²) in [6, 6.07) is 1.25. The second-order valence-corrected chi connectivity index (χ2v) is 3.46. The third-order valence-corrected chi connectivity index (χ3v) is 2.25. The molecular formula is C7H8N2O3S. The van der Waals surface area contributed by atoms with Gasteiger partial charge in [-0.3, -0.25) is 14.6 Å². The fourth-order valence-corrected chi connectivity index (χ4v) is 1.42. The largest absolute Gasteiger partial charge is 0.326 e. The molecule has 0 aliphatic rings. The average Bonchev–Trinajstić information content (AvgIpc) is 1.99. The van der Waals surface area contributed by atoms with Gasteiger partial charge in [0.05, 0.1) is 10.8 Å². The summed E-state index contributed by atoms with van der Waals surface area (Å²) in [5.41, 5.74) is -1.02. The van der Waals surface area contributed by atoms with Crippen molar-refractivity contribution < 1.29 is 4.79 Å². The maximum Gasteiger partial charge on any atom is 0.326 e. The van der Waals surface area contributed by atoms with E-state index in [1.165, 1.54) is 13.0 Å². The van der Waals surface area contributed by atoms with Crippen LogP contribution in [0.5, 0.6) is 0 Å². The fourth-order valence-electron chi connectivity index (χ4n) is 0.703. The molecule has 0 aliphatic heterocycles. The molecule has 5 nitrogen and oxygen atoms in total. The molecule has 0 fully saturated rings. The van der Waals surface area contributed by atoms with E-state index < -0.39 is 11.2 Å². The maximum atomic E-state index is 10.8. The highest BCUT2D eigenvalue weighted by atomic mass is 32.2. The number of thioether (sulfide) groups is 1. The zero-order valence-corrected chi connectivity index (χ0v) is 7.73. The Labute approximate surface area is 77.6 Å². The van der Waals surface area contributed by atoms with Crippen molar-refractivity contribution >= 4 is 17.5 Å². The third kappa shape index (κ3) is 3.29. The first-order valence-electron chi connectivity index (χ1n) is 3.54. The number of Topliss-reactive ketones (excluding diaryl/α,β-unsaturated/α-hetero) is 1. The summed E-state index contributed by atoms with van der Waals surface area (Å²) in [6.07, 6.45) is 0. The van der Waals surface area contributed by atoms with Crippen molar-refractivity contribution in [1.29, 1.82) is 0 Å². The number of nitrogens with one attached hydrogen (secondary N) is 2. The van der Waals surface area contributed by atoms with Crippen LogP contribution >= 0.6 is 11.8 Å². The number of aromatic amines is 2. The quantitative estimate of drug-likeness (QED) is 0.520. The Morgan fingerprint density at radius 1 is 1.46 bits per heavy atom. The average molecular weight is 200 g/mol. The molecule has 0 spiro atoms. The van der Waals surface area contributed by atoms with E-state index in [0.717, 1.165) is 11.8 Å². The molecule has 0 unspecified atom stereocenters. The smallest absolute Gasteiger partial charge is 0.302 e. The minimum atomic E-state index is -0.557. The molecule has 1 rings (SSSR count). The van der Waals surface area contributed by atoms with Gasteiger partial charge in [-0.15, -0.1) is 11.8 Å². The van der Waals surface area contributed by atoms with Crippen LogP contribution in [0.2, 0.25) is 0 Å². The number of aromatic nitrogens is 2. The van der Waals surface area contributed by atoms with Crippen LogP contribution in [0.25, 0.3) is 0 Å². The van der Waals surface area contributed by atoms with Crippen LogP contribution < -0.4 is 11.2 Å². The monoisotopic (exact) mass is 200 g/mol. The van der Waals surface area contributed by atoms with E-state index in [2.05, 4.69) is 4.98 Å². The number of hydrogen-bond donors (Lipinski definition) is 2. The summed E-state index contributed by atoms with van der Waals surface area (Å²) < 4.78 is 0. The highest BCUT2D eigenvalue weighted by Crippen LogP contribution is 2.10. The maximum absolute atomic E-state index is 10.8. The third-order valence-electron chi connectivity index (χ3n) is 1.17. The van der Waals surface area contributed by atoms with Gasteiger partial charge in [-0.05, 0) is 6.92 Å². The van der Waals surface area contributed by atoms with Gasteiger partial charge in [0.1, 0.15) is 5.78 Å². The van der Waals surface area contributed by atoms with Crippen molar-refractivity contribution in [2.45, 2.75) is 11.9 Å². The summed E-state index contributed by atoms with van der Waals surface area (Å²) >= 11 is 1.13. The molecule has 2 N–H and O–H groups in total. The van der Waals surface area contributed by atoms with Crippen LogP contribution in [0.3, 0.4) is 0 Å². The van der Waals surface area contributed by atoms with E-state index >= 15 is 0 Å². The number of hydrogen-bond acceptors (Lipinski definition) is 4. The number of carbonyl (C=O) groups is 1. The molecule has 1 aromatic heterocycles. The van der Waals surface area contributed by atoms with Crippen LogP contribution in [0.15, 0.2) is 20.7 Å². The highest BCUT2D eigenvalue weighted by molar-refractivity contribution is 7.99. The molecule has 0 aromatic carbocycles. The van der Waals surface area contributed by atoms with Gasteiger partial charge in [0.15, 0.2) is 0 Å². The number of H-pyrrole nitrogens is 2. The van der Waals surface area contributed by atoms with Gasteiger partial charge in [0.2, 0.25) is 0 Å². The molecule has 0 aliphatic carbocycles. The first-order valence-corrected chi connectivity index (χ1v) is 4.52. The molecule has 0 saturated heterocycles. The lowest BCUT2D eigenvalue weighted by Crippen LogP contribution is -2.21. The van der Waals surface area contributed by atoms with Crippen LogP contribution in [-0.2, 0) is 4.79 Å². The Morgan fingerprint density at radius 2 is 2.15 bits per heavy atom. The molecule has 0 amide bonds. The van der Waals surface area contributed by atoms with Crippen LogP contribution in [0, 0.1) is 0 Å². The summed E-state index contributed by atoms with van der Waals surface area (Å²) in [7, 11) is 0. The van der Waals surface area contributed by atoms with Gasteiger partial charge in [0, 0.05) is 6.07 Å². The zero-order chi connectivity index (χ0) is 9.84. The minimum absolute atomic E-state index is 0.00821. The Hall–Kier alpha value is -1.30. The Kier molecular flexibility index (Phi) is 3.07. The Morgan fingerprint density at radius 3 is 2.69 bits per heavy atom. The van der Waals surface area contributed by atoms with Crippen molar-refractivity contribution in [3.63, 3.8) is 0 Å². The molecule has 6 heteroatoms. The van der Waals surface area contributed by atoms with Gasteiger partial charge in [-0.25, -0.2) is 4.79 Å². The van der Waals surface area contributed by atoms with Crippen molar-refractivity contribution in [2.24, 2.45) is 0 Å². The van der Waals surface area contributed by atoms with Crippen molar-refractivity contribution in [3.05, 3.63) is 26.9 Å². The summed E-state index contributed by atoms with van der Waals surface area (Å²) in [5, 5.41) is 0.406. The first-order chi connectivity index (χ1) is 6.08. The molecular weight excluding hydrogens is 192 g/mol. The summed E-state index contributed by atoms with van der Waals surface area (Å²) in [6.45, 7) is 1.44. The lowest BCUT2D eigenvalue weighted by molar-refractivity contribution is -0.114. The molecule has 0 atom stereocenters. The first kappa shape index (κ1) is 9.79. The molecule has 0 radical (unpaired) electrons. The molecule has 70 valence electrons. The Bertz CT molecular complexity index is 392. The van der Waals surface area contributed by atoms with E-state index in [1.807, 2.05) is 4.98 Å². The molecule has 13 heavy (non-hydrogen) atoms. The fraction of sp³-hybridized carbons (Fsp3) is 0.286. The SMILES string of the molecule is CC(=O)CSc1cc(=O)[nH]c(=O)[nH]1. The van der Waals surface area contributed by atoms with Crippen LogP contribution in [0.1, 0.15) is 6.92 Å². The predicted molar refractivity (Wildman–Crippen MR) is 49.1 cm³/mol. The van der Waals surface area contributed by atoms with E-state index in [1.54, 1.807) is 0 Å². The second-order valence-electron chi connectivity index (χ2n) is 2.44. The van der Waals surface area contributed by atoms with E-state index in [9.17, 15) is 14.4 Å². The molecule has 1 heterocycles. The zero-order valence-electron chi connectivity index (χ0n) is 6.92. The number of carbonyl (C=O) groups excluding carboxylic acids is 1. The van der Waals surface area contributed by atoms with Crippen molar-refractivity contribution in [2.75, 3.05) is 5.75 Å². The number of rotatable bonds is 3. The predicted octanol–water partition coefficient (Wildman–Crippen LogP) is -0.256. The van der Waals surface area contributed by atoms with E-state index in [0.29, 0.717) is 5.03 Å². The van der Waals surface area contributed by atoms with E-state index in [-0.39, 0.29) is 11.5 Å². The minimum Gasteiger partial charge on any atom is -0.302 e. The Balaban J connectivity index is 2.84. The van der Waals surface area contributed by atoms with Gasteiger partial charge in [0.25, 0.3) is 5.56 Å². The summed E-state index contributed by atoms with van der Waals surface area (Å²) in [4.78, 5) is 36.6. The van der Waals surface area contributed by atoms with Crippen LogP contribution in [0.4, 0.5) is 0 Å². The second kappa shape index (κ2) is 4.08. The van der Waals surface area contributed by atoms with Gasteiger partial charge in [-0.2, -0.15) is 0 Å². The highest BCUT2D eigenvalue weighted by Gasteiger charge is 1.99. The lowest BCUT2D eigenvalue weighted by atomic mass is 10.5. The lowest BCUT2D eigenvalue weighted by Gasteiger charge is -1.96. The van der Waals surface area contributed by atoms with Gasteiger partial charge >= 0.3 is 5.69 Å². The van der Waals surface area contributed by atoms with Crippen molar-refractivity contribution in [3.8, 4) is 0 Å². The van der Waals surface area contributed by atoms with E-state index in [4.69, 9.17) is 0 Å². The normalized spacial score (nSPS) is 9.92. The van der Waals surface area contributed by atoms with Crippen LogP contribution in [-0.4, -0.2) is 21.5 Å². The standard InChI is InChI=1S/C7H8N2O3S/c1-4(10)3-13-6-2-5(11)8-7(12)9-6/h2H,3H2,1H3,(H2,8,9,11,12). The topological polar surface area (TPSA) is 82.8 Å².